The highest BCUT2D eigenvalue weighted by molar-refractivity contribution is 6.15. The molecule has 0 aliphatic carbocycles. The molecule has 0 amide bonds. The third kappa shape index (κ3) is 1.97. The van der Waals surface area contributed by atoms with Crippen molar-refractivity contribution in [3.05, 3.63) is 0 Å². The third-order valence-corrected chi connectivity index (χ3v) is 2.82. The number of rotatable bonds is 0. The van der Waals surface area contributed by atoms with Crippen LogP contribution in [0.5, 0.6) is 0 Å². The Labute approximate surface area is 71.0 Å². The zero-order valence-electron chi connectivity index (χ0n) is 8.88. The van der Waals surface area contributed by atoms with Gasteiger partial charge in [0, 0.05) is 0 Å². The number of hydrogen-bond acceptors (Lipinski definition) is 0. The number of alkyl halides is 1. The summed E-state index contributed by atoms with van der Waals surface area (Å²) < 4.78 is 14.1. The SMILES string of the molecule is BC(F)(C(C)(C)C)C(C)(C)C. The maximum atomic E-state index is 14.1. The molecule has 0 saturated carbocycles. The predicted octanol–water partition coefficient (Wildman–Crippen LogP) is 2.38. The fourth-order valence-corrected chi connectivity index (χ4v) is 1.12. The highest BCUT2D eigenvalue weighted by atomic mass is 19.1. The first kappa shape index (κ1) is 11.0. The van der Waals surface area contributed by atoms with E-state index in [1.165, 1.54) is 0 Å². The molecule has 0 radical (unpaired) electrons. The molecule has 0 bridgehead atoms. The predicted molar refractivity (Wildman–Crippen MR) is 51.3 cm³/mol. The van der Waals surface area contributed by atoms with E-state index in [-0.39, 0.29) is 10.8 Å². The van der Waals surface area contributed by atoms with Crippen LogP contribution in [-0.4, -0.2) is 13.4 Å². The van der Waals surface area contributed by atoms with Crippen LogP contribution in [0.1, 0.15) is 41.5 Å². The van der Waals surface area contributed by atoms with Crippen molar-refractivity contribution >= 4 is 7.85 Å². The highest BCUT2D eigenvalue weighted by Crippen LogP contribution is 2.44. The topological polar surface area (TPSA) is 0 Å². The second-order valence-electron chi connectivity index (χ2n) is 5.50. The molecule has 11 heavy (non-hydrogen) atoms. The molecule has 0 N–H and O–H groups in total. The number of hydrogen-bond donors (Lipinski definition) is 0. The Hall–Kier alpha value is -0.00506. The Kier molecular flexibility index (Phi) is 2.50. The Bertz CT molecular complexity index is 121. The lowest BCUT2D eigenvalue weighted by Crippen LogP contribution is -2.49. The van der Waals surface area contributed by atoms with Crippen LogP contribution in [0.3, 0.4) is 0 Å². The van der Waals surface area contributed by atoms with Crippen LogP contribution in [-0.2, 0) is 0 Å². The summed E-state index contributed by atoms with van der Waals surface area (Å²) in [5, 5.41) is 0. The summed E-state index contributed by atoms with van der Waals surface area (Å²) in [6, 6.07) is 0. The van der Waals surface area contributed by atoms with E-state index >= 15 is 0 Å². The van der Waals surface area contributed by atoms with Gasteiger partial charge < -0.3 is 0 Å². The molecule has 66 valence electrons. The molecule has 0 aliphatic rings. The fraction of sp³-hybridized carbons (Fsp3) is 1.00. The fourth-order valence-electron chi connectivity index (χ4n) is 1.12. The standard InChI is InChI=1S/C9H20BF/c1-7(2,3)9(10,11)8(4,5)6/h10H2,1-6H3. The maximum absolute atomic E-state index is 14.1. The highest BCUT2D eigenvalue weighted by Gasteiger charge is 2.46. The lowest BCUT2D eigenvalue weighted by Gasteiger charge is -2.45. The molecule has 0 aromatic heterocycles. The van der Waals surface area contributed by atoms with Gasteiger partial charge >= 0.3 is 0 Å². The van der Waals surface area contributed by atoms with Crippen LogP contribution in [0.4, 0.5) is 4.39 Å². The van der Waals surface area contributed by atoms with Gasteiger partial charge in [0.15, 0.2) is 7.85 Å². The molecule has 0 atom stereocenters. The average Bonchev–Trinajstić information content (AvgIpc) is 1.58. The van der Waals surface area contributed by atoms with Crippen molar-refractivity contribution in [1.82, 2.24) is 0 Å². The van der Waals surface area contributed by atoms with Crippen molar-refractivity contribution in [2.24, 2.45) is 10.8 Å². The first-order valence-corrected chi connectivity index (χ1v) is 4.19. The smallest absolute Gasteiger partial charge is 0.151 e. The van der Waals surface area contributed by atoms with Gasteiger partial charge in [0.1, 0.15) is 0 Å². The average molecular weight is 158 g/mol. The molecule has 0 saturated heterocycles. The zero-order chi connectivity index (χ0) is 9.50. The van der Waals surface area contributed by atoms with Gasteiger partial charge in [0.25, 0.3) is 0 Å². The van der Waals surface area contributed by atoms with Crippen molar-refractivity contribution in [1.29, 1.82) is 0 Å². The van der Waals surface area contributed by atoms with Crippen LogP contribution < -0.4 is 0 Å². The quantitative estimate of drug-likeness (QED) is 0.475. The molecule has 0 spiro atoms. The molecule has 0 rings (SSSR count). The van der Waals surface area contributed by atoms with Crippen molar-refractivity contribution in [2.45, 2.75) is 47.1 Å². The monoisotopic (exact) mass is 158 g/mol. The summed E-state index contributed by atoms with van der Waals surface area (Å²) in [6.07, 6.45) is 0. The molecule has 0 aliphatic heterocycles. The van der Waals surface area contributed by atoms with E-state index in [4.69, 9.17) is 0 Å². The van der Waals surface area contributed by atoms with Crippen molar-refractivity contribution < 1.29 is 4.39 Å². The molecule has 0 heterocycles. The van der Waals surface area contributed by atoms with Gasteiger partial charge in [-0.15, -0.1) is 0 Å². The van der Waals surface area contributed by atoms with Gasteiger partial charge in [-0.25, -0.2) is 0 Å². The van der Waals surface area contributed by atoms with E-state index < -0.39 is 5.57 Å². The summed E-state index contributed by atoms with van der Waals surface area (Å²) in [6.45, 7) is 11.7. The molecule has 2 heteroatoms. The maximum Gasteiger partial charge on any atom is 0.151 e. The third-order valence-electron chi connectivity index (χ3n) is 2.82. The van der Waals surface area contributed by atoms with Gasteiger partial charge in [-0.1, -0.05) is 41.5 Å². The Morgan fingerprint density at radius 3 is 1.00 bits per heavy atom. The Morgan fingerprint density at radius 1 is 0.818 bits per heavy atom. The van der Waals surface area contributed by atoms with Crippen LogP contribution in [0.2, 0.25) is 0 Å². The minimum Gasteiger partial charge on any atom is -0.253 e. The second kappa shape index (κ2) is 2.50. The molecule has 0 nitrogen and oxygen atoms in total. The first-order valence-electron chi connectivity index (χ1n) is 4.19. The molecule has 0 fully saturated rings. The minimum atomic E-state index is -1.13. The Morgan fingerprint density at radius 2 is 1.00 bits per heavy atom. The van der Waals surface area contributed by atoms with E-state index in [1.54, 1.807) is 7.85 Å². The molecular formula is C9H20BF. The zero-order valence-corrected chi connectivity index (χ0v) is 8.88. The largest absolute Gasteiger partial charge is 0.253 e. The van der Waals surface area contributed by atoms with E-state index in [2.05, 4.69) is 0 Å². The van der Waals surface area contributed by atoms with Crippen LogP contribution in [0.25, 0.3) is 0 Å². The molecular weight excluding hydrogens is 138 g/mol. The van der Waals surface area contributed by atoms with Crippen molar-refractivity contribution in [2.75, 3.05) is 0 Å². The lowest BCUT2D eigenvalue weighted by atomic mass is 9.54. The molecule has 0 unspecified atom stereocenters. The summed E-state index contributed by atoms with van der Waals surface area (Å²) >= 11 is 0. The van der Waals surface area contributed by atoms with Crippen LogP contribution in [0, 0.1) is 10.8 Å². The van der Waals surface area contributed by atoms with Gasteiger partial charge in [-0.05, 0) is 10.8 Å². The van der Waals surface area contributed by atoms with E-state index in [0.29, 0.717) is 0 Å². The summed E-state index contributed by atoms with van der Waals surface area (Å²) in [5.74, 6) is 0. The lowest BCUT2D eigenvalue weighted by molar-refractivity contribution is 0.0103. The van der Waals surface area contributed by atoms with E-state index in [0.717, 1.165) is 0 Å². The van der Waals surface area contributed by atoms with Gasteiger partial charge in [-0.2, -0.15) is 0 Å². The van der Waals surface area contributed by atoms with E-state index in [1.807, 2.05) is 41.5 Å². The van der Waals surface area contributed by atoms with Gasteiger partial charge in [-0.3, -0.25) is 4.39 Å². The number of halogens is 1. The minimum absolute atomic E-state index is 0.286. The first-order chi connectivity index (χ1) is 4.50. The van der Waals surface area contributed by atoms with Crippen LogP contribution in [0.15, 0.2) is 0 Å². The van der Waals surface area contributed by atoms with Gasteiger partial charge in [0.2, 0.25) is 0 Å². The van der Waals surface area contributed by atoms with Crippen molar-refractivity contribution in [3.8, 4) is 0 Å². The van der Waals surface area contributed by atoms with Crippen molar-refractivity contribution in [3.63, 3.8) is 0 Å². The summed E-state index contributed by atoms with van der Waals surface area (Å²) in [5.41, 5.74) is -1.70. The molecule has 0 aromatic rings. The summed E-state index contributed by atoms with van der Waals surface area (Å²) in [7, 11) is 1.69. The van der Waals surface area contributed by atoms with Gasteiger partial charge in [0.05, 0.1) is 5.57 Å². The Balaban J connectivity index is 4.75. The van der Waals surface area contributed by atoms with E-state index in [9.17, 15) is 4.39 Å². The molecule has 0 aromatic carbocycles. The normalized spacial score (nSPS) is 15.2. The summed E-state index contributed by atoms with van der Waals surface area (Å²) in [4.78, 5) is 0. The second-order valence-corrected chi connectivity index (χ2v) is 5.50. The van der Waals surface area contributed by atoms with Crippen LogP contribution >= 0.6 is 0 Å².